The molecule has 0 unspecified atom stereocenters. The molecule has 0 amide bonds. The van der Waals surface area contributed by atoms with Crippen molar-refractivity contribution in [2.24, 2.45) is 0 Å². The van der Waals surface area contributed by atoms with E-state index in [2.05, 4.69) is 25.7 Å². The van der Waals surface area contributed by atoms with Gasteiger partial charge in [0.1, 0.15) is 5.75 Å². The molecular formula is C12H19NO. The van der Waals surface area contributed by atoms with Crippen LogP contribution in [0.2, 0.25) is 0 Å². The summed E-state index contributed by atoms with van der Waals surface area (Å²) < 4.78 is 0. The van der Waals surface area contributed by atoms with Crippen molar-refractivity contribution in [1.82, 2.24) is 4.90 Å². The fraction of sp³-hybridized carbons (Fsp3) is 0.500. The fourth-order valence-electron chi connectivity index (χ4n) is 1.50. The third-order valence-corrected chi connectivity index (χ3v) is 2.46. The highest BCUT2D eigenvalue weighted by Crippen LogP contribution is 2.12. The first kappa shape index (κ1) is 11.1. The first-order valence-corrected chi connectivity index (χ1v) is 5.15. The van der Waals surface area contributed by atoms with Gasteiger partial charge in [-0.3, -0.25) is 4.90 Å². The van der Waals surface area contributed by atoms with E-state index in [1.165, 1.54) is 5.56 Å². The second-order valence-corrected chi connectivity index (χ2v) is 3.82. The van der Waals surface area contributed by atoms with Crippen molar-refractivity contribution >= 4 is 0 Å². The molecule has 78 valence electrons. The van der Waals surface area contributed by atoms with E-state index in [9.17, 15) is 0 Å². The summed E-state index contributed by atoms with van der Waals surface area (Å²) in [5.74, 6) is 0.335. The number of phenols is 1. The molecule has 0 saturated carbocycles. The molecule has 0 aliphatic rings. The number of nitrogens with zero attached hydrogens (tertiary/aromatic N) is 1. The van der Waals surface area contributed by atoms with Crippen LogP contribution in [-0.4, -0.2) is 22.6 Å². The molecule has 2 heteroatoms. The normalized spacial score (nSPS) is 11.2. The Morgan fingerprint density at radius 1 is 1.21 bits per heavy atom. The molecule has 0 atom stereocenters. The number of rotatable bonds is 4. The Labute approximate surface area is 86.2 Å². The van der Waals surface area contributed by atoms with Crippen LogP contribution in [0.1, 0.15) is 26.3 Å². The molecule has 1 aromatic rings. The maximum absolute atomic E-state index is 9.14. The molecule has 14 heavy (non-hydrogen) atoms. The summed E-state index contributed by atoms with van der Waals surface area (Å²) >= 11 is 0. The summed E-state index contributed by atoms with van der Waals surface area (Å²) in [5.41, 5.74) is 1.25. The average Bonchev–Trinajstić information content (AvgIpc) is 2.16. The molecule has 0 aliphatic carbocycles. The standard InChI is InChI=1S/C12H19NO/c1-4-13(10(2)3)9-11-5-7-12(14)8-6-11/h5-8,10,14H,4,9H2,1-3H3. The molecule has 1 rings (SSSR count). The van der Waals surface area contributed by atoms with Crippen LogP contribution in [0.3, 0.4) is 0 Å². The quantitative estimate of drug-likeness (QED) is 0.794. The Bertz CT molecular complexity index is 266. The van der Waals surface area contributed by atoms with Crippen molar-refractivity contribution in [3.8, 4) is 5.75 Å². The van der Waals surface area contributed by atoms with Gasteiger partial charge in [-0.1, -0.05) is 19.1 Å². The first-order valence-electron chi connectivity index (χ1n) is 5.15. The average molecular weight is 193 g/mol. The number of benzene rings is 1. The van der Waals surface area contributed by atoms with Gasteiger partial charge < -0.3 is 5.11 Å². The lowest BCUT2D eigenvalue weighted by atomic mass is 10.2. The third kappa shape index (κ3) is 3.04. The van der Waals surface area contributed by atoms with E-state index >= 15 is 0 Å². The van der Waals surface area contributed by atoms with Crippen LogP contribution in [0, 0.1) is 0 Å². The van der Waals surface area contributed by atoms with Crippen LogP contribution >= 0.6 is 0 Å². The lowest BCUT2D eigenvalue weighted by molar-refractivity contribution is 0.225. The second-order valence-electron chi connectivity index (χ2n) is 3.82. The van der Waals surface area contributed by atoms with E-state index in [0.717, 1.165) is 13.1 Å². The minimum absolute atomic E-state index is 0.335. The fourth-order valence-corrected chi connectivity index (χ4v) is 1.50. The minimum atomic E-state index is 0.335. The topological polar surface area (TPSA) is 23.5 Å². The molecule has 0 aliphatic heterocycles. The molecule has 0 radical (unpaired) electrons. The van der Waals surface area contributed by atoms with Crippen LogP contribution in [0.4, 0.5) is 0 Å². The van der Waals surface area contributed by atoms with Gasteiger partial charge in [0.25, 0.3) is 0 Å². The maximum Gasteiger partial charge on any atom is 0.115 e. The van der Waals surface area contributed by atoms with Gasteiger partial charge in [-0.2, -0.15) is 0 Å². The van der Waals surface area contributed by atoms with Gasteiger partial charge in [-0.05, 0) is 38.1 Å². The van der Waals surface area contributed by atoms with Crippen molar-refractivity contribution in [2.75, 3.05) is 6.54 Å². The van der Waals surface area contributed by atoms with Gasteiger partial charge in [-0.25, -0.2) is 0 Å². The van der Waals surface area contributed by atoms with E-state index < -0.39 is 0 Å². The monoisotopic (exact) mass is 193 g/mol. The number of hydrogen-bond donors (Lipinski definition) is 1. The molecule has 1 N–H and O–H groups in total. The van der Waals surface area contributed by atoms with Crippen LogP contribution in [0.5, 0.6) is 5.75 Å². The van der Waals surface area contributed by atoms with Crippen LogP contribution in [0.25, 0.3) is 0 Å². The predicted molar refractivity (Wildman–Crippen MR) is 59.3 cm³/mol. The van der Waals surface area contributed by atoms with E-state index in [1.807, 2.05) is 12.1 Å². The Morgan fingerprint density at radius 2 is 1.79 bits per heavy atom. The first-order chi connectivity index (χ1) is 6.63. The summed E-state index contributed by atoms with van der Waals surface area (Å²) in [5, 5.41) is 9.14. The Morgan fingerprint density at radius 3 is 2.21 bits per heavy atom. The molecule has 0 saturated heterocycles. The van der Waals surface area contributed by atoms with Crippen molar-refractivity contribution in [3.63, 3.8) is 0 Å². The van der Waals surface area contributed by atoms with Crippen molar-refractivity contribution in [1.29, 1.82) is 0 Å². The smallest absolute Gasteiger partial charge is 0.115 e. The van der Waals surface area contributed by atoms with Crippen LogP contribution in [0.15, 0.2) is 24.3 Å². The van der Waals surface area contributed by atoms with E-state index in [-0.39, 0.29) is 0 Å². The summed E-state index contributed by atoms with van der Waals surface area (Å²) in [6.45, 7) is 8.57. The maximum atomic E-state index is 9.14. The Hall–Kier alpha value is -1.02. The van der Waals surface area contributed by atoms with Gasteiger partial charge in [0, 0.05) is 12.6 Å². The van der Waals surface area contributed by atoms with E-state index in [1.54, 1.807) is 12.1 Å². The summed E-state index contributed by atoms with van der Waals surface area (Å²) in [7, 11) is 0. The van der Waals surface area contributed by atoms with Crippen LogP contribution < -0.4 is 0 Å². The van der Waals surface area contributed by atoms with E-state index in [0.29, 0.717) is 11.8 Å². The number of phenolic OH excluding ortho intramolecular Hbond substituents is 1. The second kappa shape index (κ2) is 5.01. The minimum Gasteiger partial charge on any atom is -0.508 e. The number of hydrogen-bond acceptors (Lipinski definition) is 2. The van der Waals surface area contributed by atoms with Crippen molar-refractivity contribution < 1.29 is 5.11 Å². The van der Waals surface area contributed by atoms with Crippen molar-refractivity contribution in [2.45, 2.75) is 33.4 Å². The predicted octanol–water partition coefficient (Wildman–Crippen LogP) is 2.62. The zero-order valence-corrected chi connectivity index (χ0v) is 9.20. The third-order valence-electron chi connectivity index (χ3n) is 2.46. The molecule has 0 bridgehead atoms. The summed E-state index contributed by atoms with van der Waals surface area (Å²) in [6, 6.07) is 7.99. The lowest BCUT2D eigenvalue weighted by Crippen LogP contribution is -2.29. The van der Waals surface area contributed by atoms with Gasteiger partial charge >= 0.3 is 0 Å². The summed E-state index contributed by atoms with van der Waals surface area (Å²) in [4.78, 5) is 2.38. The van der Waals surface area contributed by atoms with Crippen LogP contribution in [-0.2, 0) is 6.54 Å². The van der Waals surface area contributed by atoms with E-state index in [4.69, 9.17) is 5.11 Å². The largest absolute Gasteiger partial charge is 0.508 e. The highest BCUT2D eigenvalue weighted by molar-refractivity contribution is 5.25. The zero-order chi connectivity index (χ0) is 10.6. The summed E-state index contributed by atoms with van der Waals surface area (Å²) in [6.07, 6.45) is 0. The lowest BCUT2D eigenvalue weighted by Gasteiger charge is -2.24. The Kier molecular flexibility index (Phi) is 3.96. The highest BCUT2D eigenvalue weighted by Gasteiger charge is 2.06. The molecule has 0 fully saturated rings. The molecule has 2 nitrogen and oxygen atoms in total. The number of aromatic hydroxyl groups is 1. The SMILES string of the molecule is CCN(Cc1ccc(O)cc1)C(C)C. The van der Waals surface area contributed by atoms with Gasteiger partial charge in [0.2, 0.25) is 0 Å². The Balaban J connectivity index is 2.63. The molecule has 0 heterocycles. The van der Waals surface area contributed by atoms with Crippen molar-refractivity contribution in [3.05, 3.63) is 29.8 Å². The molecule has 0 spiro atoms. The molecule has 1 aromatic carbocycles. The van der Waals surface area contributed by atoms with Gasteiger partial charge in [-0.15, -0.1) is 0 Å². The highest BCUT2D eigenvalue weighted by atomic mass is 16.3. The van der Waals surface area contributed by atoms with Gasteiger partial charge in [0.15, 0.2) is 0 Å². The molecule has 0 aromatic heterocycles. The molecular weight excluding hydrogens is 174 g/mol. The zero-order valence-electron chi connectivity index (χ0n) is 9.20. The van der Waals surface area contributed by atoms with Gasteiger partial charge in [0.05, 0.1) is 0 Å².